The quantitative estimate of drug-likeness (QED) is 0.351. The van der Waals surface area contributed by atoms with Gasteiger partial charge in [0.2, 0.25) is 5.91 Å². The number of hydrogen-bond donors (Lipinski definition) is 2. The van der Waals surface area contributed by atoms with Crippen molar-refractivity contribution < 1.29 is 15.0 Å². The van der Waals surface area contributed by atoms with Crippen LogP contribution in [0, 0.1) is 23.7 Å². The summed E-state index contributed by atoms with van der Waals surface area (Å²) in [6, 6.07) is 0. The van der Waals surface area contributed by atoms with Crippen LogP contribution in [0.15, 0.2) is 36.0 Å². The van der Waals surface area contributed by atoms with E-state index in [1.54, 1.807) is 19.0 Å². The van der Waals surface area contributed by atoms with Crippen LogP contribution in [0.4, 0.5) is 0 Å². The molecule has 4 nitrogen and oxygen atoms in total. The van der Waals surface area contributed by atoms with Gasteiger partial charge in [0.25, 0.3) is 0 Å². The molecule has 1 fully saturated rings. The Kier molecular flexibility index (Phi) is 10.3. The average molecular weight is 418 g/mol. The molecule has 30 heavy (non-hydrogen) atoms. The van der Waals surface area contributed by atoms with Crippen molar-refractivity contribution in [2.45, 2.75) is 83.8 Å². The molecule has 2 rings (SSSR count). The number of carbonyl (C=O) groups excluding carboxylic acids is 1. The first-order valence-corrected chi connectivity index (χ1v) is 11.9. The summed E-state index contributed by atoms with van der Waals surface area (Å²) < 4.78 is 0. The van der Waals surface area contributed by atoms with E-state index in [2.05, 4.69) is 38.2 Å². The maximum Gasteiger partial charge on any atom is 0.222 e. The lowest BCUT2D eigenvalue weighted by Crippen LogP contribution is -2.20. The van der Waals surface area contributed by atoms with E-state index in [0.717, 1.165) is 32.1 Å². The summed E-state index contributed by atoms with van der Waals surface area (Å²) in [4.78, 5) is 13.3. The minimum atomic E-state index is -0.415. The molecule has 170 valence electrons. The molecule has 1 saturated carbocycles. The summed E-state index contributed by atoms with van der Waals surface area (Å²) in [5.41, 5.74) is 1.35. The van der Waals surface area contributed by atoms with Crippen molar-refractivity contribution in [2.24, 2.45) is 23.7 Å². The van der Waals surface area contributed by atoms with Gasteiger partial charge in [-0.25, -0.2) is 0 Å². The van der Waals surface area contributed by atoms with Gasteiger partial charge in [-0.2, -0.15) is 0 Å². The first-order valence-electron chi connectivity index (χ1n) is 11.9. The number of nitrogens with zero attached hydrogens (tertiary/aromatic N) is 1. The van der Waals surface area contributed by atoms with E-state index < -0.39 is 6.10 Å². The highest BCUT2D eigenvalue weighted by Gasteiger charge is 2.42. The van der Waals surface area contributed by atoms with Gasteiger partial charge in [0.15, 0.2) is 0 Å². The maximum absolute atomic E-state index is 11.6. The Labute approximate surface area is 183 Å². The molecule has 0 bridgehead atoms. The standard InChI is InChI=1S/C26H43NO3/c1-5-6-10-19(2)15-22(28)13-14-23-24-17-20(16-21(24)18-25(23)29)11-8-7-9-12-26(30)27(3)4/h8,11,13-14,16,19,21-25,28-29H,5-7,9-10,12,15,17-18H2,1-4H3/b11-8-,14-13+/t19-,21-,22+,23+,24-,25+/m0/s1. The van der Waals surface area contributed by atoms with Crippen molar-refractivity contribution in [2.75, 3.05) is 14.1 Å². The second kappa shape index (κ2) is 12.5. The Balaban J connectivity index is 1.79. The molecular formula is C26H43NO3. The predicted octanol–water partition coefficient (Wildman–Crippen LogP) is 4.88. The Hall–Kier alpha value is -1.39. The zero-order chi connectivity index (χ0) is 22.1. The highest BCUT2D eigenvalue weighted by Crippen LogP contribution is 2.47. The molecule has 2 N–H and O–H groups in total. The number of amides is 1. The molecule has 0 unspecified atom stereocenters. The smallest absolute Gasteiger partial charge is 0.222 e. The molecule has 0 heterocycles. The third-order valence-electron chi connectivity index (χ3n) is 6.74. The molecule has 4 heteroatoms. The van der Waals surface area contributed by atoms with Gasteiger partial charge in [0, 0.05) is 26.4 Å². The number of allylic oxidation sites excluding steroid dienone is 4. The predicted molar refractivity (Wildman–Crippen MR) is 124 cm³/mol. The highest BCUT2D eigenvalue weighted by atomic mass is 16.3. The van der Waals surface area contributed by atoms with Crippen LogP contribution < -0.4 is 0 Å². The van der Waals surface area contributed by atoms with Gasteiger partial charge in [-0.15, -0.1) is 0 Å². The Bertz CT molecular complexity index is 622. The van der Waals surface area contributed by atoms with Gasteiger partial charge in [0.1, 0.15) is 0 Å². The lowest BCUT2D eigenvalue weighted by Gasteiger charge is -2.19. The van der Waals surface area contributed by atoms with E-state index in [1.165, 1.54) is 24.8 Å². The second-order valence-corrected chi connectivity index (χ2v) is 9.67. The van der Waals surface area contributed by atoms with Crippen molar-refractivity contribution in [1.29, 1.82) is 0 Å². The van der Waals surface area contributed by atoms with Crippen LogP contribution in [-0.2, 0) is 4.79 Å². The summed E-state index contributed by atoms with van der Waals surface area (Å²) in [5, 5.41) is 20.9. The molecule has 0 aromatic rings. The van der Waals surface area contributed by atoms with Gasteiger partial charge in [0.05, 0.1) is 12.2 Å². The number of fused-ring (bicyclic) bond motifs is 1. The molecule has 2 aliphatic carbocycles. The molecule has 6 atom stereocenters. The van der Waals surface area contributed by atoms with E-state index in [-0.39, 0.29) is 17.9 Å². The third kappa shape index (κ3) is 7.70. The molecule has 1 amide bonds. The first kappa shape index (κ1) is 24.9. The molecule has 0 aromatic carbocycles. The lowest BCUT2D eigenvalue weighted by atomic mass is 9.88. The number of aliphatic hydroxyl groups excluding tert-OH is 2. The van der Waals surface area contributed by atoms with Gasteiger partial charge in [-0.1, -0.05) is 69.1 Å². The van der Waals surface area contributed by atoms with Crippen molar-refractivity contribution >= 4 is 5.91 Å². The monoisotopic (exact) mass is 417 g/mol. The summed E-state index contributed by atoms with van der Waals surface area (Å²) >= 11 is 0. The van der Waals surface area contributed by atoms with E-state index in [4.69, 9.17) is 0 Å². The Morgan fingerprint density at radius 2 is 2.10 bits per heavy atom. The fraction of sp³-hybridized carbons (Fsp3) is 0.731. The largest absolute Gasteiger partial charge is 0.392 e. The van der Waals surface area contributed by atoms with Crippen LogP contribution in [0.3, 0.4) is 0 Å². The molecule has 0 saturated heterocycles. The van der Waals surface area contributed by atoms with Crippen molar-refractivity contribution in [3.05, 3.63) is 36.0 Å². The summed E-state index contributed by atoms with van der Waals surface area (Å²) in [6.45, 7) is 4.41. The second-order valence-electron chi connectivity index (χ2n) is 9.67. The topological polar surface area (TPSA) is 60.8 Å². The van der Waals surface area contributed by atoms with Crippen LogP contribution in [0.5, 0.6) is 0 Å². The van der Waals surface area contributed by atoms with Gasteiger partial charge in [-0.3, -0.25) is 4.79 Å². The number of hydrogen-bond acceptors (Lipinski definition) is 3. The average Bonchev–Trinajstić information content (AvgIpc) is 3.20. The van der Waals surface area contributed by atoms with Crippen LogP contribution in [0.1, 0.15) is 71.6 Å². The van der Waals surface area contributed by atoms with Crippen molar-refractivity contribution in [1.82, 2.24) is 4.90 Å². The van der Waals surface area contributed by atoms with Gasteiger partial charge >= 0.3 is 0 Å². The van der Waals surface area contributed by atoms with Crippen molar-refractivity contribution in [3.8, 4) is 0 Å². The Morgan fingerprint density at radius 3 is 2.80 bits per heavy atom. The number of aliphatic hydroxyl groups is 2. The highest BCUT2D eigenvalue weighted by molar-refractivity contribution is 5.75. The first-order chi connectivity index (χ1) is 14.3. The van der Waals surface area contributed by atoms with Crippen LogP contribution in [0.25, 0.3) is 0 Å². The SMILES string of the molecule is CCCC[C@H](C)C[C@H](O)/C=C/[C@@H]1[C@H]2CC(/C=C\CCCC(=O)N(C)C)=C[C@H]2C[C@H]1O. The zero-order valence-corrected chi connectivity index (χ0v) is 19.5. The Morgan fingerprint density at radius 1 is 1.33 bits per heavy atom. The molecule has 2 aliphatic rings. The fourth-order valence-corrected chi connectivity index (χ4v) is 4.92. The summed E-state index contributed by atoms with van der Waals surface area (Å²) in [7, 11) is 3.59. The van der Waals surface area contributed by atoms with Crippen LogP contribution in [0.2, 0.25) is 0 Å². The number of unbranched alkanes of at least 4 members (excludes halogenated alkanes) is 2. The van der Waals surface area contributed by atoms with E-state index in [9.17, 15) is 15.0 Å². The lowest BCUT2D eigenvalue weighted by molar-refractivity contribution is -0.128. The molecular weight excluding hydrogens is 374 g/mol. The van der Waals surface area contributed by atoms with Crippen LogP contribution in [-0.4, -0.2) is 47.3 Å². The minimum absolute atomic E-state index is 0.135. The van der Waals surface area contributed by atoms with Gasteiger partial charge in [-0.05, 0) is 49.9 Å². The number of rotatable bonds is 12. The minimum Gasteiger partial charge on any atom is -0.392 e. The maximum atomic E-state index is 11.6. The fourth-order valence-electron chi connectivity index (χ4n) is 4.92. The summed E-state index contributed by atoms with van der Waals surface area (Å²) in [6.07, 6.45) is 18.6. The van der Waals surface area contributed by atoms with E-state index in [1.807, 2.05) is 6.08 Å². The molecule has 0 spiro atoms. The zero-order valence-electron chi connectivity index (χ0n) is 19.5. The molecule has 0 aromatic heterocycles. The molecule has 0 radical (unpaired) electrons. The third-order valence-corrected chi connectivity index (χ3v) is 6.74. The van der Waals surface area contributed by atoms with Crippen molar-refractivity contribution in [3.63, 3.8) is 0 Å². The molecule has 0 aliphatic heterocycles. The van der Waals surface area contributed by atoms with E-state index >= 15 is 0 Å². The summed E-state index contributed by atoms with van der Waals surface area (Å²) in [5.74, 6) is 1.73. The van der Waals surface area contributed by atoms with Gasteiger partial charge < -0.3 is 15.1 Å². The number of carbonyl (C=O) groups is 1. The van der Waals surface area contributed by atoms with E-state index in [0.29, 0.717) is 24.2 Å². The normalized spacial score (nSPS) is 28.1. The van der Waals surface area contributed by atoms with Crippen LogP contribution >= 0.6 is 0 Å².